The van der Waals surface area contributed by atoms with Crippen molar-refractivity contribution < 1.29 is 0 Å². The van der Waals surface area contributed by atoms with Gasteiger partial charge in [-0.15, -0.1) is 0 Å². The molecular weight excluding hydrogens is 298 g/mol. The van der Waals surface area contributed by atoms with E-state index in [0.29, 0.717) is 11.1 Å². The minimum Gasteiger partial charge on any atom is -0.305 e. The Labute approximate surface area is 136 Å². The summed E-state index contributed by atoms with van der Waals surface area (Å²) >= 11 is 6.01. The number of likely N-dealkylation sites (tertiary alicyclic amines) is 1. The topological polar surface area (TPSA) is 41.0 Å². The molecular formula is C17H24ClN3O. The van der Waals surface area contributed by atoms with Crippen molar-refractivity contribution in [3.05, 3.63) is 33.7 Å². The summed E-state index contributed by atoms with van der Waals surface area (Å²) in [6.45, 7) is 6.68. The van der Waals surface area contributed by atoms with Crippen molar-refractivity contribution in [1.82, 2.24) is 14.5 Å². The van der Waals surface area contributed by atoms with Crippen LogP contribution in [0, 0.1) is 0 Å². The predicted octanol–water partition coefficient (Wildman–Crippen LogP) is 3.81. The molecule has 5 heteroatoms. The van der Waals surface area contributed by atoms with Crippen LogP contribution in [0.5, 0.6) is 0 Å². The Balaban J connectivity index is 1.79. The Morgan fingerprint density at radius 2 is 2.09 bits per heavy atom. The van der Waals surface area contributed by atoms with Crippen LogP contribution in [0.2, 0.25) is 5.02 Å². The number of aromatic nitrogens is 2. The minimum absolute atomic E-state index is 0.0164. The second-order valence-corrected chi connectivity index (χ2v) is 6.80. The second kappa shape index (κ2) is 6.47. The highest BCUT2D eigenvalue weighted by molar-refractivity contribution is 6.31. The van der Waals surface area contributed by atoms with E-state index in [-0.39, 0.29) is 11.7 Å². The zero-order valence-electron chi connectivity index (χ0n) is 13.3. The molecule has 1 aliphatic rings. The van der Waals surface area contributed by atoms with Crippen molar-refractivity contribution in [1.29, 1.82) is 0 Å². The van der Waals surface area contributed by atoms with Gasteiger partial charge in [0.2, 0.25) is 0 Å². The number of halogens is 1. The number of nitrogens with one attached hydrogen (secondary N) is 1. The molecule has 120 valence electrons. The van der Waals surface area contributed by atoms with Gasteiger partial charge in [-0.05, 0) is 44.4 Å². The van der Waals surface area contributed by atoms with Gasteiger partial charge in [0.05, 0.1) is 11.0 Å². The molecule has 1 N–H and O–H groups in total. The summed E-state index contributed by atoms with van der Waals surface area (Å²) in [5.74, 6) is 0. The molecule has 1 unspecified atom stereocenters. The van der Waals surface area contributed by atoms with Crippen LogP contribution in [0.3, 0.4) is 0 Å². The Bertz CT molecular complexity index is 697. The molecule has 1 fully saturated rings. The van der Waals surface area contributed by atoms with Crippen LogP contribution in [-0.4, -0.2) is 33.6 Å². The molecule has 0 saturated carbocycles. The number of hydrogen-bond donors (Lipinski definition) is 1. The highest BCUT2D eigenvalue weighted by Gasteiger charge is 2.25. The van der Waals surface area contributed by atoms with Crippen molar-refractivity contribution in [3.63, 3.8) is 0 Å². The van der Waals surface area contributed by atoms with Gasteiger partial charge < -0.3 is 9.88 Å². The average Bonchev–Trinajstić information content (AvgIpc) is 2.82. The van der Waals surface area contributed by atoms with Crippen molar-refractivity contribution in [2.45, 2.75) is 51.6 Å². The Morgan fingerprint density at radius 1 is 1.36 bits per heavy atom. The minimum atomic E-state index is -0.0164. The first-order chi connectivity index (χ1) is 10.6. The zero-order chi connectivity index (χ0) is 15.7. The monoisotopic (exact) mass is 321 g/mol. The number of fused-ring (bicyclic) bond motifs is 1. The van der Waals surface area contributed by atoms with E-state index >= 15 is 0 Å². The summed E-state index contributed by atoms with van der Waals surface area (Å²) in [5, 5.41) is 0.657. The summed E-state index contributed by atoms with van der Waals surface area (Å²) in [5.41, 5.74) is 1.78. The summed E-state index contributed by atoms with van der Waals surface area (Å²) in [6.07, 6.45) is 4.53. The molecule has 1 aromatic carbocycles. The molecule has 2 aromatic rings. The number of nitrogens with zero attached hydrogens (tertiary/aromatic N) is 2. The van der Waals surface area contributed by atoms with Crippen LogP contribution in [0.4, 0.5) is 0 Å². The first-order valence-electron chi connectivity index (χ1n) is 8.24. The van der Waals surface area contributed by atoms with Gasteiger partial charge in [-0.3, -0.25) is 4.57 Å². The molecule has 0 bridgehead atoms. The summed E-state index contributed by atoms with van der Waals surface area (Å²) in [6, 6.07) is 6.55. The zero-order valence-corrected chi connectivity index (χ0v) is 14.1. The van der Waals surface area contributed by atoms with Crippen LogP contribution >= 0.6 is 11.6 Å². The largest absolute Gasteiger partial charge is 0.326 e. The lowest BCUT2D eigenvalue weighted by Gasteiger charge is -2.36. The van der Waals surface area contributed by atoms with Crippen molar-refractivity contribution >= 4 is 22.6 Å². The smallest absolute Gasteiger partial charge is 0.305 e. The van der Waals surface area contributed by atoms with Gasteiger partial charge in [-0.25, -0.2) is 4.79 Å². The SMILES string of the molecule is CCCC(C)N1CCC(n2c(=O)[nH]c3cc(Cl)ccc32)CC1. The molecule has 0 aliphatic carbocycles. The van der Waals surface area contributed by atoms with Crippen LogP contribution in [0.25, 0.3) is 11.0 Å². The lowest BCUT2D eigenvalue weighted by Crippen LogP contribution is -2.41. The molecule has 3 rings (SSSR count). The van der Waals surface area contributed by atoms with E-state index in [4.69, 9.17) is 11.6 Å². The molecule has 1 saturated heterocycles. The number of aromatic amines is 1. The van der Waals surface area contributed by atoms with Gasteiger partial charge in [-0.1, -0.05) is 24.9 Å². The Hall–Kier alpha value is -1.26. The van der Waals surface area contributed by atoms with E-state index in [1.54, 1.807) is 0 Å². The highest BCUT2D eigenvalue weighted by atomic mass is 35.5. The molecule has 4 nitrogen and oxygen atoms in total. The van der Waals surface area contributed by atoms with E-state index in [0.717, 1.165) is 37.0 Å². The second-order valence-electron chi connectivity index (χ2n) is 6.37. The van der Waals surface area contributed by atoms with Crippen molar-refractivity contribution in [3.8, 4) is 0 Å². The third-order valence-corrected chi connectivity index (χ3v) is 5.11. The standard InChI is InChI=1S/C17H24ClN3O/c1-3-4-12(2)20-9-7-14(8-10-20)21-16-6-5-13(18)11-15(16)19-17(21)22/h5-6,11-12,14H,3-4,7-10H2,1-2H3,(H,19,22). The molecule has 1 aliphatic heterocycles. The lowest BCUT2D eigenvalue weighted by molar-refractivity contribution is 0.137. The van der Waals surface area contributed by atoms with Crippen LogP contribution < -0.4 is 5.69 Å². The molecule has 0 amide bonds. The fraction of sp³-hybridized carbons (Fsp3) is 0.588. The third-order valence-electron chi connectivity index (χ3n) is 4.87. The average molecular weight is 322 g/mol. The van der Waals surface area contributed by atoms with E-state index in [9.17, 15) is 4.79 Å². The molecule has 1 aromatic heterocycles. The number of hydrogen-bond acceptors (Lipinski definition) is 2. The van der Waals surface area contributed by atoms with Gasteiger partial charge in [-0.2, -0.15) is 0 Å². The van der Waals surface area contributed by atoms with Crippen LogP contribution in [0.1, 0.15) is 45.6 Å². The van der Waals surface area contributed by atoms with E-state index in [1.165, 1.54) is 12.8 Å². The number of piperidine rings is 1. The number of rotatable bonds is 4. The summed E-state index contributed by atoms with van der Waals surface area (Å²) in [7, 11) is 0. The maximum atomic E-state index is 12.3. The fourth-order valence-corrected chi connectivity index (χ4v) is 3.82. The summed E-state index contributed by atoms with van der Waals surface area (Å²) < 4.78 is 1.92. The number of H-pyrrole nitrogens is 1. The highest BCUT2D eigenvalue weighted by Crippen LogP contribution is 2.27. The maximum absolute atomic E-state index is 12.3. The van der Waals surface area contributed by atoms with Gasteiger partial charge in [0.1, 0.15) is 0 Å². The van der Waals surface area contributed by atoms with E-state index in [1.807, 2.05) is 22.8 Å². The number of imidazole rings is 1. The Kier molecular flexibility index (Phi) is 4.59. The van der Waals surface area contributed by atoms with Gasteiger partial charge in [0, 0.05) is 30.2 Å². The lowest BCUT2D eigenvalue weighted by atomic mass is 10.0. The Morgan fingerprint density at radius 3 is 2.77 bits per heavy atom. The van der Waals surface area contributed by atoms with Gasteiger partial charge in [0.25, 0.3) is 0 Å². The third kappa shape index (κ3) is 2.95. The molecule has 0 radical (unpaired) electrons. The van der Waals surface area contributed by atoms with Crippen molar-refractivity contribution in [2.75, 3.05) is 13.1 Å². The summed E-state index contributed by atoms with van der Waals surface area (Å²) in [4.78, 5) is 17.8. The fourth-order valence-electron chi connectivity index (χ4n) is 3.65. The van der Waals surface area contributed by atoms with Crippen LogP contribution in [-0.2, 0) is 0 Å². The van der Waals surface area contributed by atoms with Crippen molar-refractivity contribution in [2.24, 2.45) is 0 Å². The first kappa shape index (κ1) is 15.6. The molecule has 0 spiro atoms. The molecule has 22 heavy (non-hydrogen) atoms. The maximum Gasteiger partial charge on any atom is 0.326 e. The van der Waals surface area contributed by atoms with Gasteiger partial charge in [0.15, 0.2) is 0 Å². The molecule has 2 heterocycles. The first-order valence-corrected chi connectivity index (χ1v) is 8.61. The van der Waals surface area contributed by atoms with Gasteiger partial charge >= 0.3 is 5.69 Å². The quantitative estimate of drug-likeness (QED) is 0.930. The normalized spacial score (nSPS) is 18.9. The van der Waals surface area contributed by atoms with Crippen LogP contribution in [0.15, 0.2) is 23.0 Å². The van der Waals surface area contributed by atoms with E-state index < -0.39 is 0 Å². The molecule has 1 atom stereocenters. The predicted molar refractivity (Wildman–Crippen MR) is 91.8 cm³/mol. The number of benzene rings is 1. The van der Waals surface area contributed by atoms with E-state index in [2.05, 4.69) is 23.7 Å².